The molecule has 2 aliphatic heterocycles. The van der Waals surface area contributed by atoms with E-state index in [9.17, 15) is 33.7 Å². The van der Waals surface area contributed by atoms with Gasteiger partial charge in [-0.2, -0.15) is 0 Å². The molecule has 8 bridgehead atoms. The van der Waals surface area contributed by atoms with Crippen molar-refractivity contribution in [2.24, 2.45) is 0 Å². The van der Waals surface area contributed by atoms with Crippen LogP contribution in [-0.2, 0) is 40.1 Å². The van der Waals surface area contributed by atoms with Gasteiger partial charge >= 0.3 is 0 Å². The first-order valence-corrected chi connectivity index (χ1v) is 31.8. The normalized spacial score (nSPS) is 13.2. The molecule has 5 heterocycles. The molecule has 28 heteroatoms. The largest absolute Gasteiger partial charge is 0.324 e. The molecule has 7 aromatic rings. The summed E-state index contributed by atoms with van der Waals surface area (Å²) in [5, 5.41) is 1.29. The molecule has 0 amide bonds. The quantitative estimate of drug-likeness (QED) is 0.0469. The van der Waals surface area contributed by atoms with Crippen molar-refractivity contribution in [3.05, 3.63) is 72.8 Å². The molecule has 0 saturated carbocycles. The average Bonchev–Trinajstić information content (AvgIpc) is 4.34. The van der Waals surface area contributed by atoms with Crippen molar-refractivity contribution in [3.8, 4) is 45.6 Å². The minimum atomic E-state index is -4.25. The number of nitrogens with one attached hydrogen (secondary N) is 6. The van der Waals surface area contributed by atoms with Crippen LogP contribution in [0.3, 0.4) is 0 Å². The van der Waals surface area contributed by atoms with E-state index in [1.807, 2.05) is 76.0 Å². The zero-order valence-corrected chi connectivity index (χ0v) is 49.1. The molecule has 2 aliphatic rings. The molecule has 0 aliphatic carbocycles. The van der Waals surface area contributed by atoms with Gasteiger partial charge in [0.05, 0.1) is 30.7 Å². The van der Waals surface area contributed by atoms with Crippen LogP contribution in [0, 0.1) is 0 Å². The number of sulfonamides is 4. The van der Waals surface area contributed by atoms with Crippen LogP contribution in [0.5, 0.6) is 0 Å². The highest BCUT2D eigenvalue weighted by molar-refractivity contribution is 7.90. The molecule has 0 fully saturated rings. The summed E-state index contributed by atoms with van der Waals surface area (Å²) in [6, 6.07) is 18.2. The van der Waals surface area contributed by atoms with Gasteiger partial charge in [-0.25, -0.2) is 82.5 Å². The van der Waals surface area contributed by atoms with Crippen molar-refractivity contribution in [3.63, 3.8) is 0 Å². The van der Waals surface area contributed by atoms with E-state index < -0.39 is 40.1 Å². The molecular weight excluding hydrogens is 1100 g/mol. The van der Waals surface area contributed by atoms with E-state index in [4.69, 9.17) is 29.9 Å². The Kier molecular flexibility index (Phi) is 17.3. The fourth-order valence-electron chi connectivity index (χ4n) is 9.29. The van der Waals surface area contributed by atoms with Crippen LogP contribution in [0.15, 0.2) is 92.4 Å². The van der Waals surface area contributed by atoms with Crippen LogP contribution in [0.1, 0.15) is 25.7 Å². The number of hydrogen-bond acceptors (Lipinski definition) is 18. The molecule has 24 nitrogen and oxygen atoms in total. The number of hydrogen-bond donors (Lipinski definition) is 6. The van der Waals surface area contributed by atoms with Crippen molar-refractivity contribution in [2.45, 2.75) is 45.3 Å². The average molecular weight is 1170 g/mol. The lowest BCUT2D eigenvalue weighted by Gasteiger charge is -2.12. The van der Waals surface area contributed by atoms with Crippen molar-refractivity contribution in [1.82, 2.24) is 78.4 Å². The Bertz CT molecular complexity index is 3890. The molecule has 3 aromatic heterocycles. The predicted octanol–water partition coefficient (Wildman–Crippen LogP) is 3.79. The minimum absolute atomic E-state index is 0.00249. The standard InChI is InChI=1S/C52H66N16O8S4/c1-65(2)27-11-23-53-77(69,70)33-19-21-35-39(31-33)49-57-45(35)61-51-43-37(15-9-17-41(43)79(73,74)55-25-13-29-67(5)6)47(63-51)59-48-38-16-10-18-42(80(75,76)56-26-14-30-68(7)8)44(38)52(64-48)62-46-36-22-20-34(32-40(36)50(58-46)60-49)78(71,72)54-24-12-28-66(3)4/h9-10,15-22,31-32,53-56H,11-14,23-30H2,1-8H3,(H2,57,58,59,60,61,62,63,64). The van der Waals surface area contributed by atoms with Gasteiger partial charge in [0, 0.05) is 58.9 Å². The van der Waals surface area contributed by atoms with Crippen LogP contribution in [-0.4, -0.2) is 202 Å². The van der Waals surface area contributed by atoms with Gasteiger partial charge in [0.2, 0.25) is 40.1 Å². The van der Waals surface area contributed by atoms with Crippen molar-refractivity contribution in [2.75, 3.05) is 109 Å². The maximum absolute atomic E-state index is 14.4. The Hall–Kier alpha value is -6.28. The topological polar surface area (TPSA) is 307 Å². The first-order valence-electron chi connectivity index (χ1n) is 25.9. The lowest BCUT2D eigenvalue weighted by atomic mass is 10.1. The lowest BCUT2D eigenvalue weighted by Crippen LogP contribution is -2.27. The van der Waals surface area contributed by atoms with Crippen LogP contribution >= 0.6 is 0 Å². The van der Waals surface area contributed by atoms with E-state index in [1.54, 1.807) is 36.4 Å². The van der Waals surface area contributed by atoms with Gasteiger partial charge in [-0.1, -0.05) is 24.3 Å². The smallest absolute Gasteiger partial charge is 0.241 e. The van der Waals surface area contributed by atoms with E-state index in [0.29, 0.717) is 62.6 Å². The van der Waals surface area contributed by atoms with Gasteiger partial charge < -0.3 is 29.6 Å². The first kappa shape index (κ1) is 58.4. The number of H-pyrrole nitrogens is 2. The van der Waals surface area contributed by atoms with Gasteiger partial charge in [0.15, 0.2) is 23.3 Å². The SMILES string of the molecule is CN(C)CCCNS(=O)(=O)c1ccc2c3nc4nc(nc5nc(nc6[nH]c(nc([nH]3)c2c1)c1cc(S(=O)(=O)NCCCN(C)C)ccc61)-c1c-5cccc1S(=O)(=O)NCCCN(C)C)-c1cccc(S(=O)(=O)NCCCN(C)C)c1-4. The third-order valence-corrected chi connectivity index (χ3v) is 19.2. The van der Waals surface area contributed by atoms with Crippen molar-refractivity contribution in [1.29, 1.82) is 0 Å². The molecule has 0 atom stereocenters. The molecule has 426 valence electrons. The maximum Gasteiger partial charge on any atom is 0.241 e. The Morgan fingerprint density at radius 2 is 0.700 bits per heavy atom. The number of aromatic amines is 2. The predicted molar refractivity (Wildman–Crippen MR) is 309 cm³/mol. The van der Waals surface area contributed by atoms with E-state index in [1.165, 1.54) is 36.4 Å². The highest BCUT2D eigenvalue weighted by Gasteiger charge is 2.32. The third-order valence-electron chi connectivity index (χ3n) is 13.2. The van der Waals surface area contributed by atoms with E-state index in [0.717, 1.165) is 0 Å². The third kappa shape index (κ3) is 12.8. The highest BCUT2D eigenvalue weighted by atomic mass is 32.2. The number of nitrogens with zero attached hydrogens (tertiary/aromatic N) is 10. The Labute approximate surface area is 466 Å². The fraction of sp³-hybridized carbons (Fsp3) is 0.385. The van der Waals surface area contributed by atoms with E-state index in [2.05, 4.69) is 28.9 Å². The zero-order valence-electron chi connectivity index (χ0n) is 45.8. The van der Waals surface area contributed by atoms with E-state index in [-0.39, 0.29) is 125 Å². The number of benzene rings is 4. The van der Waals surface area contributed by atoms with Crippen LogP contribution in [0.2, 0.25) is 0 Å². The minimum Gasteiger partial charge on any atom is -0.324 e. The summed E-state index contributed by atoms with van der Waals surface area (Å²) in [4.78, 5) is 43.7. The molecule has 4 aromatic carbocycles. The molecular formula is C52H66N16O8S4. The monoisotopic (exact) mass is 1170 g/mol. The Balaban J connectivity index is 1.36. The molecule has 9 rings (SSSR count). The molecule has 0 unspecified atom stereocenters. The van der Waals surface area contributed by atoms with E-state index >= 15 is 0 Å². The van der Waals surface area contributed by atoms with Gasteiger partial charge in [-0.3, -0.25) is 0 Å². The molecule has 80 heavy (non-hydrogen) atoms. The van der Waals surface area contributed by atoms with Gasteiger partial charge in [-0.15, -0.1) is 0 Å². The summed E-state index contributed by atoms with van der Waals surface area (Å²) < 4.78 is 124. The highest BCUT2D eigenvalue weighted by Crippen LogP contribution is 2.42. The van der Waals surface area contributed by atoms with Crippen LogP contribution in [0.25, 0.3) is 89.7 Å². The fourth-order valence-corrected chi connectivity index (χ4v) is 14.1. The molecule has 0 saturated heterocycles. The van der Waals surface area contributed by atoms with Gasteiger partial charge in [-0.05, 0) is 157 Å². The van der Waals surface area contributed by atoms with Gasteiger partial charge in [0.25, 0.3) is 0 Å². The number of rotatable bonds is 24. The first-order chi connectivity index (χ1) is 37.9. The van der Waals surface area contributed by atoms with Crippen molar-refractivity contribution >= 4 is 84.2 Å². The van der Waals surface area contributed by atoms with Gasteiger partial charge in [0.1, 0.15) is 22.6 Å². The molecule has 6 N–H and O–H groups in total. The summed E-state index contributed by atoms with van der Waals surface area (Å²) in [5.41, 5.74) is 1.14. The Morgan fingerprint density at radius 3 is 1.05 bits per heavy atom. The summed E-state index contributed by atoms with van der Waals surface area (Å²) in [6.45, 7) is 3.10. The summed E-state index contributed by atoms with van der Waals surface area (Å²) in [6.07, 6.45) is 2.11. The lowest BCUT2D eigenvalue weighted by molar-refractivity contribution is 0.400. The summed E-state index contributed by atoms with van der Waals surface area (Å²) in [5.74, 6) is -0.161. The summed E-state index contributed by atoms with van der Waals surface area (Å²) >= 11 is 0. The molecule has 0 spiro atoms. The Morgan fingerprint density at radius 1 is 0.375 bits per heavy atom. The number of aromatic nitrogens is 8. The second kappa shape index (κ2) is 23.7. The maximum atomic E-state index is 14.4. The molecule has 0 radical (unpaired) electrons. The van der Waals surface area contributed by atoms with Crippen molar-refractivity contribution < 1.29 is 33.7 Å². The van der Waals surface area contributed by atoms with Crippen LogP contribution in [0.4, 0.5) is 0 Å². The zero-order chi connectivity index (χ0) is 57.3. The van der Waals surface area contributed by atoms with Crippen LogP contribution < -0.4 is 18.9 Å². The summed E-state index contributed by atoms with van der Waals surface area (Å²) in [7, 11) is -1.55. The second-order valence-corrected chi connectivity index (χ2v) is 27.6. The second-order valence-electron chi connectivity index (χ2n) is 20.6. The number of fused-ring (bicyclic) bond motifs is 20.